The van der Waals surface area contributed by atoms with Gasteiger partial charge < -0.3 is 22.1 Å². The summed E-state index contributed by atoms with van der Waals surface area (Å²) >= 11 is 6.08. The summed E-state index contributed by atoms with van der Waals surface area (Å²) < 4.78 is 0. The van der Waals surface area contributed by atoms with Crippen molar-refractivity contribution >= 4 is 45.9 Å². The molecule has 3 aromatic rings. The third-order valence-electron chi connectivity index (χ3n) is 4.47. The summed E-state index contributed by atoms with van der Waals surface area (Å²) in [5.74, 6) is 1.03. The van der Waals surface area contributed by atoms with Crippen LogP contribution in [0.3, 0.4) is 0 Å². The predicted octanol–water partition coefficient (Wildman–Crippen LogP) is 2.41. The maximum atomic E-state index is 6.08. The molecule has 0 radical (unpaired) electrons. The van der Waals surface area contributed by atoms with Gasteiger partial charge in [0.05, 0.1) is 0 Å². The van der Waals surface area contributed by atoms with E-state index in [1.165, 1.54) is 0 Å². The Morgan fingerprint density at radius 1 is 1.08 bits per heavy atom. The van der Waals surface area contributed by atoms with E-state index in [1.54, 1.807) is 18.2 Å². The van der Waals surface area contributed by atoms with Crippen molar-refractivity contribution in [1.29, 1.82) is 0 Å². The van der Waals surface area contributed by atoms with E-state index in [9.17, 15) is 0 Å². The molecule has 0 aliphatic heterocycles. The first kappa shape index (κ1) is 16.8. The lowest BCUT2D eigenvalue weighted by Gasteiger charge is -2.26. The second-order valence-corrected chi connectivity index (χ2v) is 6.98. The number of H-pyrrole nitrogens is 1. The summed E-state index contributed by atoms with van der Waals surface area (Å²) in [5, 5.41) is 17.9. The fraction of sp³-hybridized carbons (Fsp3) is 0.375. The number of nitrogens with two attached hydrogens (primary N) is 2. The highest BCUT2D eigenvalue weighted by atomic mass is 35.5. The van der Waals surface area contributed by atoms with Crippen molar-refractivity contribution in [1.82, 2.24) is 25.4 Å². The molecule has 7 N–H and O–H groups in total. The number of hydrogen-bond donors (Lipinski definition) is 5. The molecule has 1 aliphatic carbocycles. The average molecular weight is 374 g/mol. The summed E-state index contributed by atoms with van der Waals surface area (Å²) in [6.45, 7) is 0. The van der Waals surface area contributed by atoms with Crippen molar-refractivity contribution < 1.29 is 0 Å². The van der Waals surface area contributed by atoms with Gasteiger partial charge in [-0.05, 0) is 43.9 Å². The van der Waals surface area contributed by atoms with Gasteiger partial charge in [-0.2, -0.15) is 20.3 Å². The number of nitrogens with one attached hydrogen (secondary N) is 3. The van der Waals surface area contributed by atoms with Crippen LogP contribution < -0.4 is 22.1 Å². The van der Waals surface area contributed by atoms with Gasteiger partial charge in [-0.15, -0.1) is 5.10 Å². The lowest BCUT2D eigenvalue weighted by atomic mass is 9.92. The van der Waals surface area contributed by atoms with Crippen molar-refractivity contribution in [2.75, 3.05) is 16.4 Å². The van der Waals surface area contributed by atoms with E-state index in [-0.39, 0.29) is 6.04 Å². The quantitative estimate of drug-likeness (QED) is 0.438. The number of rotatable bonds is 4. The average Bonchev–Trinajstić information content (AvgIpc) is 3.05. The first-order valence-corrected chi connectivity index (χ1v) is 8.88. The highest BCUT2D eigenvalue weighted by Crippen LogP contribution is 2.27. The van der Waals surface area contributed by atoms with Gasteiger partial charge in [-0.25, -0.2) is 0 Å². The lowest BCUT2D eigenvalue weighted by molar-refractivity contribution is 0.410. The monoisotopic (exact) mass is 373 g/mol. The van der Waals surface area contributed by atoms with Crippen molar-refractivity contribution in [3.63, 3.8) is 0 Å². The van der Waals surface area contributed by atoms with Crippen LogP contribution in [-0.2, 0) is 0 Å². The molecule has 0 saturated heterocycles. The number of hydrogen-bond acceptors (Lipinski definition) is 8. The number of aromatic amines is 1. The van der Waals surface area contributed by atoms with Crippen LogP contribution in [-0.4, -0.2) is 37.5 Å². The van der Waals surface area contributed by atoms with E-state index in [4.69, 9.17) is 23.1 Å². The minimum atomic E-state index is 0.289. The van der Waals surface area contributed by atoms with Crippen LogP contribution in [0.4, 0.5) is 23.1 Å². The zero-order chi connectivity index (χ0) is 18.1. The van der Waals surface area contributed by atoms with Gasteiger partial charge in [0.15, 0.2) is 11.3 Å². The molecular weight excluding hydrogens is 354 g/mol. The number of anilines is 4. The number of nitrogens with zero attached hydrogens (tertiary/aromatic N) is 4. The Hall–Kier alpha value is -2.65. The molecule has 26 heavy (non-hydrogen) atoms. The molecule has 0 spiro atoms. The summed E-state index contributed by atoms with van der Waals surface area (Å²) in [5.41, 5.74) is 14.1. The Bertz CT molecular complexity index is 897. The van der Waals surface area contributed by atoms with Crippen molar-refractivity contribution in [2.24, 2.45) is 5.73 Å². The molecule has 1 aromatic carbocycles. The minimum absolute atomic E-state index is 0.289. The van der Waals surface area contributed by atoms with Crippen LogP contribution >= 0.6 is 11.6 Å². The first-order chi connectivity index (χ1) is 12.6. The summed E-state index contributed by atoms with van der Waals surface area (Å²) in [4.78, 5) is 9.01. The maximum Gasteiger partial charge on any atom is 0.227 e. The van der Waals surface area contributed by atoms with Crippen molar-refractivity contribution in [2.45, 2.75) is 37.8 Å². The maximum absolute atomic E-state index is 6.08. The van der Waals surface area contributed by atoms with Crippen molar-refractivity contribution in [3.8, 4) is 0 Å². The minimum Gasteiger partial charge on any atom is -0.399 e. The fourth-order valence-electron chi connectivity index (χ4n) is 3.17. The van der Waals surface area contributed by atoms with Gasteiger partial charge in [0.25, 0.3) is 0 Å². The molecule has 1 fully saturated rings. The van der Waals surface area contributed by atoms with Crippen molar-refractivity contribution in [3.05, 3.63) is 23.2 Å². The van der Waals surface area contributed by atoms with E-state index in [2.05, 4.69) is 36.0 Å². The van der Waals surface area contributed by atoms with Gasteiger partial charge in [0, 0.05) is 28.5 Å². The smallest absolute Gasteiger partial charge is 0.227 e. The van der Waals surface area contributed by atoms with E-state index in [0.29, 0.717) is 45.4 Å². The normalized spacial score (nSPS) is 20.2. The number of fused-ring (bicyclic) bond motifs is 1. The topological polar surface area (TPSA) is 143 Å². The molecule has 0 amide bonds. The molecule has 10 heteroatoms. The molecule has 136 valence electrons. The highest BCUT2D eigenvalue weighted by Gasteiger charge is 2.20. The standard InChI is InChI=1S/C16H20ClN9/c17-8-5-10(19)7-12(6-8)20-14-13-15(25-26-24-13)23-16(22-14)21-11-3-1-9(18)2-4-11/h5-7,9,11H,1-4,18-19H2,(H3,20,21,22,23,24,25,26). The number of halogens is 1. The molecule has 0 atom stereocenters. The third kappa shape index (κ3) is 3.63. The van der Waals surface area contributed by atoms with Crippen LogP contribution in [0.15, 0.2) is 18.2 Å². The van der Waals surface area contributed by atoms with Crippen LogP contribution in [0.1, 0.15) is 25.7 Å². The molecule has 0 unspecified atom stereocenters. The number of aromatic nitrogens is 5. The van der Waals surface area contributed by atoms with E-state index < -0.39 is 0 Å². The Labute approximate surface area is 154 Å². The second-order valence-electron chi connectivity index (χ2n) is 6.55. The Kier molecular flexibility index (Phi) is 4.48. The van der Waals surface area contributed by atoms with Gasteiger partial charge in [0.1, 0.15) is 0 Å². The van der Waals surface area contributed by atoms with Gasteiger partial charge in [-0.1, -0.05) is 11.6 Å². The third-order valence-corrected chi connectivity index (χ3v) is 4.69. The molecule has 4 rings (SSSR count). The Morgan fingerprint density at radius 2 is 1.88 bits per heavy atom. The zero-order valence-electron chi connectivity index (χ0n) is 14.0. The van der Waals surface area contributed by atoms with Crippen LogP contribution in [0.2, 0.25) is 5.02 Å². The first-order valence-electron chi connectivity index (χ1n) is 8.50. The Morgan fingerprint density at radius 3 is 2.65 bits per heavy atom. The fourth-order valence-corrected chi connectivity index (χ4v) is 3.41. The van der Waals surface area contributed by atoms with Gasteiger partial charge in [0.2, 0.25) is 11.6 Å². The largest absolute Gasteiger partial charge is 0.399 e. The number of nitrogen functional groups attached to an aromatic ring is 1. The van der Waals surface area contributed by atoms with Gasteiger partial charge >= 0.3 is 0 Å². The predicted molar refractivity (Wildman–Crippen MR) is 102 cm³/mol. The molecule has 1 saturated carbocycles. The molecule has 0 bridgehead atoms. The van der Waals surface area contributed by atoms with E-state index in [1.807, 2.05) is 0 Å². The molecule has 9 nitrogen and oxygen atoms in total. The lowest BCUT2D eigenvalue weighted by Crippen LogP contribution is -2.33. The van der Waals surface area contributed by atoms with Crippen LogP contribution in [0.5, 0.6) is 0 Å². The summed E-state index contributed by atoms with van der Waals surface area (Å²) in [7, 11) is 0. The second kappa shape index (κ2) is 6.93. The highest BCUT2D eigenvalue weighted by molar-refractivity contribution is 6.31. The van der Waals surface area contributed by atoms with E-state index in [0.717, 1.165) is 25.7 Å². The van der Waals surface area contributed by atoms with Crippen LogP contribution in [0, 0.1) is 0 Å². The molecule has 2 heterocycles. The molecule has 2 aromatic heterocycles. The zero-order valence-corrected chi connectivity index (χ0v) is 14.8. The van der Waals surface area contributed by atoms with Gasteiger partial charge in [-0.3, -0.25) is 0 Å². The molecule has 1 aliphatic rings. The van der Waals surface area contributed by atoms with Crippen LogP contribution in [0.25, 0.3) is 11.2 Å². The Balaban J connectivity index is 1.62. The molecular formula is C16H20ClN9. The summed E-state index contributed by atoms with van der Waals surface area (Å²) in [6.07, 6.45) is 3.98. The summed E-state index contributed by atoms with van der Waals surface area (Å²) in [6, 6.07) is 5.81. The number of benzene rings is 1. The van der Waals surface area contributed by atoms with E-state index >= 15 is 0 Å². The SMILES string of the molecule is Nc1cc(Cl)cc(Nc2nc(NC3CCC(N)CC3)nc3n[nH]nc23)c1.